The molecule has 2 aromatic carbocycles. The standard InChI is InChI=1S/C17H12Cl3N3/c18-11-4-1-2-7-14(11)23-17-10(8-9-21-17)16(22-23)15-12(19)5-3-6-13(15)20/h1-7,21H,8-9H2. The van der Waals surface area contributed by atoms with Crippen LogP contribution in [0, 0.1) is 0 Å². The van der Waals surface area contributed by atoms with Crippen molar-refractivity contribution < 1.29 is 0 Å². The highest BCUT2D eigenvalue weighted by Gasteiger charge is 2.26. The fourth-order valence-corrected chi connectivity index (χ4v) is 3.69. The SMILES string of the molecule is Clc1ccccc1-n1nc(-c2c(Cl)cccc2Cl)c2c1NCC2. The molecule has 3 aromatic rings. The van der Waals surface area contributed by atoms with E-state index in [4.69, 9.17) is 39.9 Å². The van der Waals surface area contributed by atoms with Gasteiger partial charge in [-0.3, -0.25) is 0 Å². The molecule has 0 spiro atoms. The van der Waals surface area contributed by atoms with Crippen LogP contribution in [0.15, 0.2) is 42.5 Å². The Morgan fingerprint density at radius 1 is 0.913 bits per heavy atom. The number of nitrogens with one attached hydrogen (secondary N) is 1. The van der Waals surface area contributed by atoms with Gasteiger partial charge in [-0.05, 0) is 30.7 Å². The van der Waals surface area contributed by atoms with Crippen molar-refractivity contribution in [2.24, 2.45) is 0 Å². The predicted molar refractivity (Wildman–Crippen MR) is 96.2 cm³/mol. The summed E-state index contributed by atoms with van der Waals surface area (Å²) in [6.07, 6.45) is 0.872. The van der Waals surface area contributed by atoms with Crippen molar-refractivity contribution >= 4 is 40.6 Å². The maximum Gasteiger partial charge on any atom is 0.133 e. The van der Waals surface area contributed by atoms with Crippen molar-refractivity contribution in [3.8, 4) is 16.9 Å². The van der Waals surface area contributed by atoms with Crippen LogP contribution in [0.5, 0.6) is 0 Å². The summed E-state index contributed by atoms with van der Waals surface area (Å²) in [6, 6.07) is 13.1. The Hall–Kier alpha value is -1.68. The number of hydrogen-bond acceptors (Lipinski definition) is 2. The molecule has 6 heteroatoms. The zero-order chi connectivity index (χ0) is 16.0. The normalized spacial score (nSPS) is 13.0. The number of aromatic nitrogens is 2. The summed E-state index contributed by atoms with van der Waals surface area (Å²) >= 11 is 19.1. The van der Waals surface area contributed by atoms with Crippen molar-refractivity contribution in [3.05, 3.63) is 63.1 Å². The third-order valence-corrected chi connectivity index (χ3v) is 4.88. The molecule has 0 saturated heterocycles. The number of hydrogen-bond donors (Lipinski definition) is 1. The molecule has 1 aliphatic rings. The van der Waals surface area contributed by atoms with E-state index in [1.54, 1.807) is 0 Å². The van der Waals surface area contributed by atoms with Gasteiger partial charge in [-0.25, -0.2) is 4.68 Å². The highest BCUT2D eigenvalue weighted by molar-refractivity contribution is 6.39. The summed E-state index contributed by atoms with van der Waals surface area (Å²) < 4.78 is 1.83. The lowest BCUT2D eigenvalue weighted by Crippen LogP contribution is -2.04. The Morgan fingerprint density at radius 3 is 2.35 bits per heavy atom. The van der Waals surface area contributed by atoms with Crippen LogP contribution in [-0.2, 0) is 6.42 Å². The Labute approximate surface area is 148 Å². The van der Waals surface area contributed by atoms with Crippen molar-refractivity contribution in [3.63, 3.8) is 0 Å². The number of benzene rings is 2. The molecule has 0 aliphatic carbocycles. The number of para-hydroxylation sites is 1. The van der Waals surface area contributed by atoms with Crippen molar-refractivity contribution in [2.75, 3.05) is 11.9 Å². The van der Waals surface area contributed by atoms with Crippen LogP contribution < -0.4 is 5.32 Å². The van der Waals surface area contributed by atoms with E-state index in [0.717, 1.165) is 41.3 Å². The second-order valence-corrected chi connectivity index (χ2v) is 6.53. The lowest BCUT2D eigenvalue weighted by Gasteiger charge is -2.08. The lowest BCUT2D eigenvalue weighted by atomic mass is 10.1. The molecule has 0 bridgehead atoms. The van der Waals surface area contributed by atoms with Crippen LogP contribution in [0.25, 0.3) is 16.9 Å². The number of nitrogens with zero attached hydrogens (tertiary/aromatic N) is 2. The number of halogens is 3. The van der Waals surface area contributed by atoms with Crippen LogP contribution in [0.3, 0.4) is 0 Å². The van der Waals surface area contributed by atoms with Gasteiger partial charge < -0.3 is 5.32 Å². The zero-order valence-electron chi connectivity index (χ0n) is 12.0. The second-order valence-electron chi connectivity index (χ2n) is 5.31. The summed E-state index contributed by atoms with van der Waals surface area (Å²) in [5.74, 6) is 0.948. The Balaban J connectivity index is 1.98. The molecule has 0 saturated carbocycles. The molecule has 0 fully saturated rings. The first kappa shape index (κ1) is 14.9. The Kier molecular flexibility index (Phi) is 3.72. The molecule has 4 rings (SSSR count). The fraction of sp³-hybridized carbons (Fsp3) is 0.118. The summed E-state index contributed by atoms with van der Waals surface area (Å²) in [5.41, 5.74) is 3.51. The van der Waals surface area contributed by atoms with Gasteiger partial charge in [-0.15, -0.1) is 0 Å². The molecule has 1 aromatic heterocycles. The lowest BCUT2D eigenvalue weighted by molar-refractivity contribution is 0.882. The van der Waals surface area contributed by atoms with E-state index >= 15 is 0 Å². The topological polar surface area (TPSA) is 29.9 Å². The first-order valence-electron chi connectivity index (χ1n) is 7.22. The first-order chi connectivity index (χ1) is 11.2. The van der Waals surface area contributed by atoms with Crippen molar-refractivity contribution in [1.82, 2.24) is 9.78 Å². The average Bonchev–Trinajstić information content (AvgIpc) is 3.11. The van der Waals surface area contributed by atoms with Crippen molar-refractivity contribution in [1.29, 1.82) is 0 Å². The largest absolute Gasteiger partial charge is 0.369 e. The third-order valence-electron chi connectivity index (χ3n) is 3.93. The number of rotatable bonds is 2. The molecule has 0 amide bonds. The van der Waals surface area contributed by atoms with E-state index in [2.05, 4.69) is 5.32 Å². The molecule has 2 heterocycles. The summed E-state index contributed by atoms with van der Waals surface area (Å²) in [5, 5.41) is 9.96. The summed E-state index contributed by atoms with van der Waals surface area (Å²) in [7, 11) is 0. The van der Waals surface area contributed by atoms with Gasteiger partial charge in [-0.1, -0.05) is 53.0 Å². The molecule has 3 nitrogen and oxygen atoms in total. The molecule has 23 heavy (non-hydrogen) atoms. The predicted octanol–water partition coefficient (Wildman–Crippen LogP) is 5.47. The van der Waals surface area contributed by atoms with Gasteiger partial charge in [0, 0.05) is 17.7 Å². The van der Waals surface area contributed by atoms with E-state index in [9.17, 15) is 0 Å². The smallest absolute Gasteiger partial charge is 0.133 e. The van der Waals surface area contributed by atoms with Gasteiger partial charge >= 0.3 is 0 Å². The molecular weight excluding hydrogens is 353 g/mol. The van der Waals surface area contributed by atoms with Crippen LogP contribution in [-0.4, -0.2) is 16.3 Å². The zero-order valence-corrected chi connectivity index (χ0v) is 14.3. The minimum Gasteiger partial charge on any atom is -0.369 e. The fourth-order valence-electron chi connectivity index (χ4n) is 2.90. The molecule has 0 unspecified atom stereocenters. The van der Waals surface area contributed by atoms with E-state index in [1.165, 1.54) is 0 Å². The van der Waals surface area contributed by atoms with Crippen LogP contribution in [0.1, 0.15) is 5.56 Å². The van der Waals surface area contributed by atoms with E-state index in [-0.39, 0.29) is 0 Å². The van der Waals surface area contributed by atoms with E-state index in [1.807, 2.05) is 47.1 Å². The third kappa shape index (κ3) is 2.40. The molecular formula is C17H12Cl3N3. The quantitative estimate of drug-likeness (QED) is 0.653. The van der Waals surface area contributed by atoms with E-state index < -0.39 is 0 Å². The van der Waals surface area contributed by atoms with Crippen molar-refractivity contribution in [2.45, 2.75) is 6.42 Å². The molecule has 0 atom stereocenters. The summed E-state index contributed by atoms with van der Waals surface area (Å²) in [6.45, 7) is 0.854. The minimum atomic E-state index is 0.594. The van der Waals surface area contributed by atoms with Crippen LogP contribution >= 0.6 is 34.8 Å². The summed E-state index contributed by atoms with van der Waals surface area (Å²) in [4.78, 5) is 0. The highest BCUT2D eigenvalue weighted by Crippen LogP contribution is 2.41. The van der Waals surface area contributed by atoms with Gasteiger partial charge in [0.15, 0.2) is 0 Å². The molecule has 1 N–H and O–H groups in total. The second kappa shape index (κ2) is 5.75. The maximum atomic E-state index is 6.37. The number of anilines is 1. The Morgan fingerprint density at radius 2 is 1.61 bits per heavy atom. The van der Waals surface area contributed by atoms with Gasteiger partial charge in [0.2, 0.25) is 0 Å². The minimum absolute atomic E-state index is 0.594. The van der Waals surface area contributed by atoms with Gasteiger partial charge in [-0.2, -0.15) is 5.10 Å². The molecule has 0 radical (unpaired) electrons. The van der Waals surface area contributed by atoms with E-state index in [0.29, 0.717) is 15.1 Å². The molecule has 116 valence electrons. The highest BCUT2D eigenvalue weighted by atomic mass is 35.5. The average molecular weight is 365 g/mol. The van der Waals surface area contributed by atoms with Crippen LogP contribution in [0.4, 0.5) is 5.82 Å². The van der Waals surface area contributed by atoms with Crippen LogP contribution in [0.2, 0.25) is 15.1 Å². The number of fused-ring (bicyclic) bond motifs is 1. The van der Waals surface area contributed by atoms with Gasteiger partial charge in [0.05, 0.1) is 20.8 Å². The molecule has 1 aliphatic heterocycles. The Bertz CT molecular complexity index is 882. The van der Waals surface area contributed by atoms with Gasteiger partial charge in [0.25, 0.3) is 0 Å². The monoisotopic (exact) mass is 363 g/mol. The van der Waals surface area contributed by atoms with Gasteiger partial charge in [0.1, 0.15) is 11.5 Å². The maximum absolute atomic E-state index is 6.37. The first-order valence-corrected chi connectivity index (χ1v) is 8.35.